The van der Waals surface area contributed by atoms with Crippen LogP contribution in [0.3, 0.4) is 0 Å². The van der Waals surface area contributed by atoms with E-state index >= 15 is 0 Å². The van der Waals surface area contributed by atoms with Gasteiger partial charge in [-0.1, -0.05) is 66.0 Å². The van der Waals surface area contributed by atoms with E-state index in [4.69, 9.17) is 34.8 Å². The third-order valence-electron chi connectivity index (χ3n) is 8.06. The van der Waals surface area contributed by atoms with E-state index in [0.717, 1.165) is 29.7 Å². The van der Waals surface area contributed by atoms with Gasteiger partial charge in [-0.25, -0.2) is 13.1 Å². The summed E-state index contributed by atoms with van der Waals surface area (Å²) in [4.78, 5) is 25.4. The molecule has 1 unspecified atom stereocenters. The number of hydrogen-bond donors (Lipinski definition) is 3. The maximum absolute atomic E-state index is 13.7. The lowest BCUT2D eigenvalue weighted by Crippen LogP contribution is -2.58. The Balaban J connectivity index is 1.62. The van der Waals surface area contributed by atoms with Crippen LogP contribution in [-0.4, -0.2) is 31.4 Å². The lowest BCUT2D eigenvalue weighted by Gasteiger charge is -2.47. The first-order valence-corrected chi connectivity index (χ1v) is 16.6. The Hall–Kier alpha value is -2.14. The van der Waals surface area contributed by atoms with Gasteiger partial charge in [0.1, 0.15) is 4.21 Å². The molecule has 3 aromatic rings. The number of benzene rings is 2. The summed E-state index contributed by atoms with van der Waals surface area (Å²) in [7, 11) is -3.99. The molecular formula is C29H29Cl3N2O5S2. The number of carbonyl (C=O) groups is 2. The summed E-state index contributed by atoms with van der Waals surface area (Å²) in [5.41, 5.74) is 0.398. The summed E-state index contributed by atoms with van der Waals surface area (Å²) >= 11 is 19.6. The first-order valence-electron chi connectivity index (χ1n) is 13.2. The number of nitrogens with one attached hydrogen (secondary N) is 2. The Labute approximate surface area is 258 Å². The molecule has 2 heterocycles. The fraction of sp³-hybridized carbons (Fsp3) is 0.379. The summed E-state index contributed by atoms with van der Waals surface area (Å²) in [6.07, 6.45) is 1.66. The Morgan fingerprint density at radius 1 is 1.10 bits per heavy atom. The number of carbonyl (C=O) groups excluding carboxylic acids is 1. The van der Waals surface area contributed by atoms with Crippen molar-refractivity contribution in [2.45, 2.75) is 54.8 Å². The number of carboxylic acids is 1. The van der Waals surface area contributed by atoms with Crippen LogP contribution in [0.4, 0.5) is 0 Å². The lowest BCUT2D eigenvalue weighted by molar-refractivity contribution is -0.148. The molecule has 1 aliphatic heterocycles. The number of rotatable bonds is 10. The largest absolute Gasteiger partial charge is 0.481 e. The molecule has 7 nitrogen and oxygen atoms in total. The maximum Gasteiger partial charge on any atom is 0.304 e. The number of piperidine rings is 1. The Bertz CT molecular complexity index is 1560. The van der Waals surface area contributed by atoms with Crippen LogP contribution in [0.5, 0.6) is 0 Å². The number of hydrogen-bond acceptors (Lipinski definition) is 5. The van der Waals surface area contributed by atoms with Crippen molar-refractivity contribution >= 4 is 68.0 Å². The van der Waals surface area contributed by atoms with Crippen molar-refractivity contribution in [1.82, 2.24) is 10.0 Å². The maximum atomic E-state index is 13.7. The van der Waals surface area contributed by atoms with Gasteiger partial charge in [0.25, 0.3) is 10.0 Å². The lowest BCUT2D eigenvalue weighted by atomic mass is 9.65. The quantitative estimate of drug-likeness (QED) is 0.220. The van der Waals surface area contributed by atoms with Crippen LogP contribution in [0.1, 0.15) is 55.7 Å². The molecule has 2 aliphatic rings. The van der Waals surface area contributed by atoms with Gasteiger partial charge in [-0.05, 0) is 72.7 Å². The normalized spacial score (nSPS) is 24.4. The van der Waals surface area contributed by atoms with Gasteiger partial charge in [0, 0.05) is 27.9 Å². The third kappa shape index (κ3) is 6.76. The van der Waals surface area contributed by atoms with Gasteiger partial charge in [-0.3, -0.25) is 9.59 Å². The molecule has 5 atom stereocenters. The van der Waals surface area contributed by atoms with Crippen molar-refractivity contribution in [3.63, 3.8) is 0 Å². The highest BCUT2D eigenvalue weighted by atomic mass is 35.5. The van der Waals surface area contributed by atoms with E-state index in [1.165, 1.54) is 12.1 Å². The van der Waals surface area contributed by atoms with Crippen LogP contribution in [0.15, 0.2) is 64.9 Å². The van der Waals surface area contributed by atoms with Crippen LogP contribution >= 0.6 is 46.1 Å². The molecule has 218 valence electrons. The van der Waals surface area contributed by atoms with E-state index in [9.17, 15) is 23.1 Å². The molecule has 0 spiro atoms. The SMILES string of the molecule is C[C@@]1(CC(=O)O)C[C@H](c2cccc(Cl)c2)[C@@H](C(C2CC2)[C@H](NS(=O)(=O)c2ccc(Cl)s2)c2ccc(Cl)cc2)NC1=O. The monoisotopic (exact) mass is 654 g/mol. The van der Waals surface area contributed by atoms with Crippen LogP contribution < -0.4 is 10.0 Å². The predicted molar refractivity (Wildman–Crippen MR) is 161 cm³/mol. The van der Waals surface area contributed by atoms with Gasteiger partial charge >= 0.3 is 5.97 Å². The van der Waals surface area contributed by atoms with E-state index < -0.39 is 33.5 Å². The molecule has 0 radical (unpaired) electrons. The van der Waals surface area contributed by atoms with E-state index in [0.29, 0.717) is 19.9 Å². The number of thiophene rings is 1. The zero-order valence-electron chi connectivity index (χ0n) is 22.0. The average Bonchev–Trinajstić information content (AvgIpc) is 3.63. The molecule has 2 fully saturated rings. The number of aliphatic carboxylic acids is 1. The molecule has 3 N–H and O–H groups in total. The van der Waals surface area contributed by atoms with Crippen LogP contribution in [0, 0.1) is 17.3 Å². The fourth-order valence-corrected chi connectivity index (χ4v) is 9.09. The number of halogens is 3. The van der Waals surface area contributed by atoms with Gasteiger partial charge in [0.2, 0.25) is 5.91 Å². The molecule has 5 rings (SSSR count). The fourth-order valence-electron chi connectivity index (χ4n) is 6.00. The minimum Gasteiger partial charge on any atom is -0.481 e. The minimum absolute atomic E-state index is 0.0871. The second-order valence-corrected chi connectivity index (χ2v) is 15.6. The number of sulfonamides is 1. The summed E-state index contributed by atoms with van der Waals surface area (Å²) in [6.45, 7) is 1.66. The van der Waals surface area contributed by atoms with E-state index in [1.54, 1.807) is 37.3 Å². The average molecular weight is 656 g/mol. The van der Waals surface area contributed by atoms with Crippen molar-refractivity contribution < 1.29 is 23.1 Å². The van der Waals surface area contributed by atoms with Crippen LogP contribution in [-0.2, 0) is 19.6 Å². The first-order chi connectivity index (χ1) is 19.4. The van der Waals surface area contributed by atoms with Crippen LogP contribution in [0.25, 0.3) is 0 Å². The van der Waals surface area contributed by atoms with E-state index in [1.807, 2.05) is 18.2 Å². The van der Waals surface area contributed by atoms with Gasteiger partial charge in [0.05, 0.1) is 22.2 Å². The molecule has 1 aliphatic carbocycles. The minimum atomic E-state index is -3.99. The number of amides is 1. The smallest absolute Gasteiger partial charge is 0.304 e. The Kier molecular flexibility index (Phi) is 8.77. The van der Waals surface area contributed by atoms with Crippen molar-refractivity contribution in [3.05, 3.63) is 86.2 Å². The summed E-state index contributed by atoms with van der Waals surface area (Å²) in [5, 5.41) is 13.8. The van der Waals surface area contributed by atoms with Crippen molar-refractivity contribution in [2.24, 2.45) is 17.3 Å². The van der Waals surface area contributed by atoms with Crippen molar-refractivity contribution in [2.75, 3.05) is 0 Å². The molecule has 1 aromatic heterocycles. The standard InChI is InChI=1S/C29H29Cl3N2O5S2/c1-29(15-23(35)36)14-21(18-3-2-4-20(31)13-18)27(33-28(29)37)25(16-5-6-16)26(17-7-9-19(30)10-8-17)34-41(38,39)24-12-11-22(32)40-24/h2-4,7-13,16,21,25-27,34H,5-6,14-15H2,1H3,(H,33,37)(H,35,36)/t21-,25?,26-,27+,29+/m1/s1. The molecule has 1 saturated carbocycles. The van der Waals surface area contributed by atoms with E-state index in [2.05, 4.69) is 10.0 Å². The van der Waals surface area contributed by atoms with Gasteiger partial charge < -0.3 is 10.4 Å². The predicted octanol–water partition coefficient (Wildman–Crippen LogP) is 6.91. The molecule has 1 saturated heterocycles. The molecule has 0 bridgehead atoms. The Morgan fingerprint density at radius 3 is 2.39 bits per heavy atom. The molecule has 12 heteroatoms. The second kappa shape index (κ2) is 11.9. The van der Waals surface area contributed by atoms with Gasteiger partial charge in [0.15, 0.2) is 0 Å². The van der Waals surface area contributed by atoms with Crippen molar-refractivity contribution in [3.8, 4) is 0 Å². The highest BCUT2D eigenvalue weighted by Crippen LogP contribution is 2.52. The van der Waals surface area contributed by atoms with E-state index in [-0.39, 0.29) is 40.7 Å². The van der Waals surface area contributed by atoms with Crippen molar-refractivity contribution in [1.29, 1.82) is 0 Å². The van der Waals surface area contributed by atoms with Crippen LogP contribution in [0.2, 0.25) is 14.4 Å². The summed E-state index contributed by atoms with van der Waals surface area (Å²) < 4.78 is 30.7. The highest BCUT2D eigenvalue weighted by molar-refractivity contribution is 7.91. The number of carboxylic acid groups (broad SMARTS) is 1. The highest BCUT2D eigenvalue weighted by Gasteiger charge is 2.53. The van der Waals surface area contributed by atoms with Gasteiger partial charge in [-0.2, -0.15) is 0 Å². The third-order valence-corrected chi connectivity index (χ3v) is 11.7. The summed E-state index contributed by atoms with van der Waals surface area (Å²) in [5.74, 6) is -2.00. The molecule has 1 amide bonds. The first kappa shape index (κ1) is 30.3. The molecule has 2 aromatic carbocycles. The summed E-state index contributed by atoms with van der Waals surface area (Å²) in [6, 6.07) is 16.1. The Morgan fingerprint density at radius 2 is 1.80 bits per heavy atom. The topological polar surface area (TPSA) is 113 Å². The zero-order chi connectivity index (χ0) is 29.5. The zero-order valence-corrected chi connectivity index (χ0v) is 25.9. The second-order valence-electron chi connectivity index (χ2n) is 11.1. The molecular weight excluding hydrogens is 627 g/mol. The molecule has 41 heavy (non-hydrogen) atoms. The van der Waals surface area contributed by atoms with Gasteiger partial charge in [-0.15, -0.1) is 11.3 Å².